The van der Waals surface area contributed by atoms with Gasteiger partial charge in [-0.05, 0) is 5.92 Å². The van der Waals surface area contributed by atoms with Crippen molar-refractivity contribution in [3.8, 4) is 0 Å². The molecule has 25 heavy (non-hydrogen) atoms. The Hall–Kier alpha value is -2.69. The monoisotopic (exact) mass is 359 g/mol. The molecule has 11 nitrogen and oxygen atoms in total. The molecule has 0 aromatic heterocycles. The Morgan fingerprint density at radius 3 is 1.72 bits per heavy atom. The zero-order valence-corrected chi connectivity index (χ0v) is 14.3. The molecule has 7 N–H and O–H groups in total. The molecule has 0 aliphatic rings. The summed E-state index contributed by atoms with van der Waals surface area (Å²) in [5.74, 6) is -3.80. The van der Waals surface area contributed by atoms with Gasteiger partial charge in [0.15, 0.2) is 0 Å². The minimum atomic E-state index is -1.15. The number of nitrogens with two attached hydrogens (primary N) is 1. The molecule has 0 radical (unpaired) electrons. The first kappa shape index (κ1) is 22.3. The van der Waals surface area contributed by atoms with Gasteiger partial charge in [-0.2, -0.15) is 0 Å². The van der Waals surface area contributed by atoms with Gasteiger partial charge in [0.25, 0.3) is 0 Å². The van der Waals surface area contributed by atoms with Crippen LogP contribution in [0.5, 0.6) is 0 Å². The number of carbonyl (C=O) groups excluding carboxylic acids is 4. The number of nitrogens with one attached hydrogen (secondary N) is 4. The summed E-state index contributed by atoms with van der Waals surface area (Å²) in [5, 5.41) is 18.1. The zero-order valence-electron chi connectivity index (χ0n) is 14.3. The van der Waals surface area contributed by atoms with Crippen molar-refractivity contribution < 1.29 is 29.1 Å². The van der Waals surface area contributed by atoms with Gasteiger partial charge in [0.1, 0.15) is 6.04 Å². The minimum Gasteiger partial charge on any atom is -0.480 e. The molecular weight excluding hydrogens is 334 g/mol. The second kappa shape index (κ2) is 11.8. The van der Waals surface area contributed by atoms with E-state index in [9.17, 15) is 24.0 Å². The highest BCUT2D eigenvalue weighted by atomic mass is 16.4. The highest BCUT2D eigenvalue weighted by Gasteiger charge is 2.25. The summed E-state index contributed by atoms with van der Waals surface area (Å²) in [6.45, 7) is 2.11. The molecule has 0 spiro atoms. The lowest BCUT2D eigenvalue weighted by atomic mass is 9.99. The molecule has 0 aliphatic carbocycles. The van der Waals surface area contributed by atoms with Crippen LogP contribution in [0.4, 0.5) is 0 Å². The molecular formula is C14H25N5O6. The number of hydrogen-bond acceptors (Lipinski definition) is 6. The quantitative estimate of drug-likeness (QED) is 0.226. The molecule has 0 aromatic rings. The summed E-state index contributed by atoms with van der Waals surface area (Å²) in [7, 11) is 0. The van der Waals surface area contributed by atoms with Crippen LogP contribution in [-0.4, -0.2) is 66.9 Å². The van der Waals surface area contributed by atoms with E-state index in [-0.39, 0.29) is 19.0 Å². The number of rotatable bonds is 11. The summed E-state index contributed by atoms with van der Waals surface area (Å²) >= 11 is 0. The van der Waals surface area contributed by atoms with Crippen LogP contribution in [0.2, 0.25) is 0 Å². The van der Waals surface area contributed by atoms with Gasteiger partial charge in [0.05, 0.1) is 26.2 Å². The third-order valence-electron chi connectivity index (χ3n) is 3.32. The third-order valence-corrected chi connectivity index (χ3v) is 3.32. The van der Waals surface area contributed by atoms with Crippen molar-refractivity contribution in [2.75, 3.05) is 26.2 Å². The molecule has 0 saturated heterocycles. The fourth-order valence-corrected chi connectivity index (χ4v) is 1.64. The predicted octanol–water partition coefficient (Wildman–Crippen LogP) is -3.09. The topological polar surface area (TPSA) is 180 Å². The first-order valence-electron chi connectivity index (χ1n) is 7.73. The van der Waals surface area contributed by atoms with Crippen LogP contribution in [0.1, 0.15) is 20.3 Å². The summed E-state index contributed by atoms with van der Waals surface area (Å²) in [5.41, 5.74) is 5.05. The maximum absolute atomic E-state index is 11.7. The molecule has 11 heteroatoms. The van der Waals surface area contributed by atoms with Gasteiger partial charge < -0.3 is 32.1 Å². The average Bonchev–Trinajstić information content (AvgIpc) is 2.59. The Bertz CT molecular complexity index is 510. The summed E-state index contributed by atoms with van der Waals surface area (Å²) < 4.78 is 0. The Morgan fingerprint density at radius 2 is 1.32 bits per heavy atom. The molecule has 0 rings (SSSR count). The Kier molecular flexibility index (Phi) is 10.5. The van der Waals surface area contributed by atoms with Crippen molar-refractivity contribution in [2.24, 2.45) is 11.7 Å². The van der Waals surface area contributed by atoms with E-state index in [1.807, 2.05) is 0 Å². The smallest absolute Gasteiger partial charge is 0.326 e. The van der Waals surface area contributed by atoms with Crippen LogP contribution in [0.3, 0.4) is 0 Å². The van der Waals surface area contributed by atoms with E-state index >= 15 is 0 Å². The van der Waals surface area contributed by atoms with E-state index in [1.165, 1.54) is 0 Å². The van der Waals surface area contributed by atoms with E-state index < -0.39 is 48.7 Å². The zero-order chi connectivity index (χ0) is 19.4. The van der Waals surface area contributed by atoms with Gasteiger partial charge in [-0.25, -0.2) is 4.79 Å². The molecule has 0 unspecified atom stereocenters. The highest BCUT2D eigenvalue weighted by molar-refractivity contribution is 5.91. The van der Waals surface area contributed by atoms with E-state index in [2.05, 4.69) is 21.3 Å². The van der Waals surface area contributed by atoms with E-state index in [0.717, 1.165) is 0 Å². The van der Waals surface area contributed by atoms with Crippen molar-refractivity contribution in [3.05, 3.63) is 0 Å². The second-order valence-electron chi connectivity index (χ2n) is 5.30. The molecule has 2 atom stereocenters. The van der Waals surface area contributed by atoms with E-state index in [4.69, 9.17) is 10.8 Å². The lowest BCUT2D eigenvalue weighted by Crippen LogP contribution is -2.49. The van der Waals surface area contributed by atoms with Gasteiger partial charge in [-0.1, -0.05) is 20.3 Å². The van der Waals surface area contributed by atoms with Crippen molar-refractivity contribution in [1.82, 2.24) is 21.3 Å². The van der Waals surface area contributed by atoms with E-state index in [1.54, 1.807) is 13.8 Å². The number of carbonyl (C=O) groups is 5. The molecule has 0 heterocycles. The third kappa shape index (κ3) is 9.91. The molecule has 0 bridgehead atoms. The fourth-order valence-electron chi connectivity index (χ4n) is 1.64. The van der Waals surface area contributed by atoms with Crippen molar-refractivity contribution >= 4 is 29.6 Å². The van der Waals surface area contributed by atoms with Crippen LogP contribution >= 0.6 is 0 Å². The standard InChI is InChI=1S/C14H25N5O6/c1-3-8(2)13(14(24)25)19-12(23)7-18-11(22)6-17-10(21)5-16-9(20)4-15/h8,13H,3-7,15H2,1-2H3,(H,16,20)(H,17,21)(H,18,22)(H,19,23)(H,24,25)/t8-,13-/m0/s1. The summed E-state index contributed by atoms with van der Waals surface area (Å²) in [6, 6.07) is -1.04. The number of amides is 4. The highest BCUT2D eigenvalue weighted by Crippen LogP contribution is 2.07. The Balaban J connectivity index is 4.12. The van der Waals surface area contributed by atoms with Gasteiger partial charge in [-0.3, -0.25) is 19.2 Å². The van der Waals surface area contributed by atoms with Crippen LogP contribution < -0.4 is 27.0 Å². The number of carboxylic acids is 1. The second-order valence-corrected chi connectivity index (χ2v) is 5.30. The lowest BCUT2D eigenvalue weighted by molar-refractivity contribution is -0.143. The molecule has 0 fully saturated rings. The minimum absolute atomic E-state index is 0.253. The SMILES string of the molecule is CC[C@H](C)[C@H](NC(=O)CNC(=O)CNC(=O)CNC(=O)CN)C(=O)O. The number of aliphatic carboxylic acids is 1. The van der Waals surface area contributed by atoms with Crippen molar-refractivity contribution in [3.63, 3.8) is 0 Å². The Morgan fingerprint density at radius 1 is 0.880 bits per heavy atom. The first-order chi connectivity index (χ1) is 11.7. The predicted molar refractivity (Wildman–Crippen MR) is 87.1 cm³/mol. The fraction of sp³-hybridized carbons (Fsp3) is 0.643. The normalized spacial score (nSPS) is 12.4. The lowest BCUT2D eigenvalue weighted by Gasteiger charge is -2.20. The molecule has 4 amide bonds. The largest absolute Gasteiger partial charge is 0.480 e. The summed E-state index contributed by atoms with van der Waals surface area (Å²) in [6.07, 6.45) is 0.566. The van der Waals surface area contributed by atoms with Gasteiger partial charge in [0.2, 0.25) is 23.6 Å². The van der Waals surface area contributed by atoms with Gasteiger partial charge in [-0.15, -0.1) is 0 Å². The van der Waals surface area contributed by atoms with Gasteiger partial charge in [0, 0.05) is 0 Å². The molecule has 0 aliphatic heterocycles. The van der Waals surface area contributed by atoms with E-state index in [0.29, 0.717) is 6.42 Å². The van der Waals surface area contributed by atoms with Crippen LogP contribution in [0.15, 0.2) is 0 Å². The number of carboxylic acid groups (broad SMARTS) is 1. The van der Waals surface area contributed by atoms with Crippen molar-refractivity contribution in [2.45, 2.75) is 26.3 Å². The van der Waals surface area contributed by atoms with Crippen LogP contribution in [-0.2, 0) is 24.0 Å². The Labute approximate surface area is 145 Å². The molecule has 0 saturated carbocycles. The first-order valence-corrected chi connectivity index (χ1v) is 7.73. The van der Waals surface area contributed by atoms with Crippen LogP contribution in [0, 0.1) is 5.92 Å². The number of hydrogen-bond donors (Lipinski definition) is 6. The maximum atomic E-state index is 11.7. The maximum Gasteiger partial charge on any atom is 0.326 e. The summed E-state index contributed by atoms with van der Waals surface area (Å²) in [4.78, 5) is 56.5. The van der Waals surface area contributed by atoms with Gasteiger partial charge >= 0.3 is 5.97 Å². The molecule has 142 valence electrons. The van der Waals surface area contributed by atoms with Crippen LogP contribution in [0.25, 0.3) is 0 Å². The molecule has 0 aromatic carbocycles. The average molecular weight is 359 g/mol. The van der Waals surface area contributed by atoms with Crippen molar-refractivity contribution in [1.29, 1.82) is 0 Å².